The van der Waals surface area contributed by atoms with Gasteiger partial charge in [0.2, 0.25) is 6.79 Å². The van der Waals surface area contributed by atoms with Crippen molar-refractivity contribution in [3.63, 3.8) is 0 Å². The molecule has 0 radical (unpaired) electrons. The molecule has 0 aliphatic carbocycles. The fourth-order valence-corrected chi connectivity index (χ4v) is 3.36. The van der Waals surface area contributed by atoms with Crippen LogP contribution in [0.1, 0.15) is 11.1 Å². The molecule has 3 rings (SSSR count). The first kappa shape index (κ1) is 23.3. The Hall–Kier alpha value is -3.36. The fraction of sp³-hybridized carbons (Fsp3) is 0.333. The molecule has 170 valence electrons. The molecule has 0 saturated heterocycles. The third kappa shape index (κ3) is 5.87. The highest BCUT2D eigenvalue weighted by molar-refractivity contribution is 5.92. The number of esters is 1. The Morgan fingerprint density at radius 3 is 2.53 bits per heavy atom. The molecule has 3 aromatic rings. The van der Waals surface area contributed by atoms with Crippen LogP contribution in [-0.2, 0) is 27.1 Å². The molecule has 1 atom stereocenters. The monoisotopic (exact) mass is 439 g/mol. The quantitative estimate of drug-likeness (QED) is 0.405. The van der Waals surface area contributed by atoms with Gasteiger partial charge in [0.25, 0.3) is 0 Å². The molecule has 0 saturated carbocycles. The van der Waals surface area contributed by atoms with E-state index in [1.165, 1.54) is 4.57 Å². The topological polar surface area (TPSA) is 96.0 Å². The summed E-state index contributed by atoms with van der Waals surface area (Å²) in [6, 6.07) is 14.0. The van der Waals surface area contributed by atoms with Gasteiger partial charge < -0.3 is 24.8 Å². The molecule has 2 N–H and O–H groups in total. The molecule has 0 spiro atoms. The van der Waals surface area contributed by atoms with Crippen LogP contribution in [0.15, 0.2) is 54.7 Å². The fourth-order valence-electron chi connectivity index (χ4n) is 3.36. The minimum Gasteiger partial charge on any atom is -0.497 e. The van der Waals surface area contributed by atoms with Crippen molar-refractivity contribution in [3.8, 4) is 5.75 Å². The molecule has 32 heavy (non-hydrogen) atoms. The lowest BCUT2D eigenvalue weighted by Crippen LogP contribution is -2.35. The Balaban J connectivity index is 1.64. The Bertz CT molecular complexity index is 1060. The number of carbonyl (C=O) groups is 2. The molecule has 0 aliphatic rings. The van der Waals surface area contributed by atoms with E-state index in [4.69, 9.17) is 19.9 Å². The summed E-state index contributed by atoms with van der Waals surface area (Å²) in [7, 11) is 5.58. The number of ether oxygens (including phenoxy) is 3. The smallest absolute Gasteiger partial charge is 0.421 e. The van der Waals surface area contributed by atoms with Gasteiger partial charge in [0.15, 0.2) is 0 Å². The lowest BCUT2D eigenvalue weighted by atomic mass is 10.1. The molecule has 1 unspecified atom stereocenters. The van der Waals surface area contributed by atoms with E-state index < -0.39 is 24.9 Å². The van der Waals surface area contributed by atoms with Crippen LogP contribution in [0.2, 0.25) is 0 Å². The van der Waals surface area contributed by atoms with Gasteiger partial charge in [-0.3, -0.25) is 9.36 Å². The van der Waals surface area contributed by atoms with E-state index in [-0.39, 0.29) is 0 Å². The molecule has 8 heteroatoms. The predicted molar refractivity (Wildman–Crippen MR) is 122 cm³/mol. The van der Waals surface area contributed by atoms with Gasteiger partial charge in [-0.2, -0.15) is 0 Å². The van der Waals surface area contributed by atoms with Crippen molar-refractivity contribution < 1.29 is 23.8 Å². The predicted octanol–water partition coefficient (Wildman–Crippen LogP) is 2.81. The minimum absolute atomic E-state index is 0.340. The second kappa shape index (κ2) is 10.8. The summed E-state index contributed by atoms with van der Waals surface area (Å²) in [5, 5.41) is 0.907. The van der Waals surface area contributed by atoms with Crippen LogP contribution in [0.3, 0.4) is 0 Å². The van der Waals surface area contributed by atoms with Crippen LogP contribution >= 0.6 is 0 Å². The zero-order chi connectivity index (χ0) is 23.1. The SMILES string of the molecule is COc1ccc2c(c1)c(CCN(C)C)cn2C(=O)OCOC(=O)C(N)Cc1ccccc1. The Morgan fingerprint density at radius 2 is 1.84 bits per heavy atom. The molecule has 1 heterocycles. The van der Waals surface area contributed by atoms with Gasteiger partial charge in [0.1, 0.15) is 11.8 Å². The Kier molecular flexibility index (Phi) is 7.86. The summed E-state index contributed by atoms with van der Waals surface area (Å²) in [6.07, 6.45) is 2.20. The molecule has 8 nitrogen and oxygen atoms in total. The number of nitrogens with zero attached hydrogens (tertiary/aromatic N) is 2. The number of hydrogen-bond donors (Lipinski definition) is 1. The number of likely N-dealkylation sites (N-methyl/N-ethyl adjacent to an activating group) is 1. The number of methoxy groups -OCH3 is 1. The first-order chi connectivity index (χ1) is 15.4. The van der Waals surface area contributed by atoms with Crippen LogP contribution < -0.4 is 10.5 Å². The van der Waals surface area contributed by atoms with Crippen LogP contribution in [0.5, 0.6) is 5.75 Å². The maximum Gasteiger partial charge on any atom is 0.421 e. The van der Waals surface area contributed by atoms with Gasteiger partial charge in [-0.1, -0.05) is 30.3 Å². The maximum absolute atomic E-state index is 12.7. The molecular weight excluding hydrogens is 410 g/mol. The highest BCUT2D eigenvalue weighted by Gasteiger charge is 2.19. The zero-order valence-corrected chi connectivity index (χ0v) is 18.6. The largest absolute Gasteiger partial charge is 0.497 e. The van der Waals surface area contributed by atoms with E-state index in [1.807, 2.05) is 50.5 Å². The minimum atomic E-state index is -0.839. The lowest BCUT2D eigenvalue weighted by Gasteiger charge is -2.12. The average molecular weight is 440 g/mol. The summed E-state index contributed by atoms with van der Waals surface area (Å²) in [6.45, 7) is 0.311. The first-order valence-electron chi connectivity index (χ1n) is 10.3. The van der Waals surface area contributed by atoms with E-state index >= 15 is 0 Å². The van der Waals surface area contributed by atoms with Gasteiger partial charge in [-0.05, 0) is 56.3 Å². The second-order valence-electron chi connectivity index (χ2n) is 7.75. The van der Waals surface area contributed by atoms with Crippen molar-refractivity contribution in [1.29, 1.82) is 0 Å². The van der Waals surface area contributed by atoms with E-state index in [9.17, 15) is 9.59 Å². The number of aromatic nitrogens is 1. The Labute approximate surface area is 187 Å². The van der Waals surface area contributed by atoms with Gasteiger partial charge in [-0.15, -0.1) is 0 Å². The summed E-state index contributed by atoms with van der Waals surface area (Å²) in [5.41, 5.74) is 8.51. The van der Waals surface area contributed by atoms with Crippen LogP contribution in [0.4, 0.5) is 4.79 Å². The van der Waals surface area contributed by atoms with E-state index in [2.05, 4.69) is 4.90 Å². The van der Waals surface area contributed by atoms with Crippen LogP contribution in [0, 0.1) is 0 Å². The molecule has 0 aliphatic heterocycles. The first-order valence-corrected chi connectivity index (χ1v) is 10.3. The van der Waals surface area contributed by atoms with Crippen molar-refractivity contribution in [2.24, 2.45) is 5.73 Å². The molecule has 1 aromatic heterocycles. The molecule has 0 fully saturated rings. The van der Waals surface area contributed by atoms with Gasteiger partial charge in [0, 0.05) is 18.1 Å². The van der Waals surface area contributed by atoms with Gasteiger partial charge in [-0.25, -0.2) is 4.79 Å². The molecule has 0 amide bonds. The molecular formula is C24H29N3O5. The van der Waals surface area contributed by atoms with Crippen molar-refractivity contribution in [2.45, 2.75) is 18.9 Å². The van der Waals surface area contributed by atoms with Crippen molar-refractivity contribution >= 4 is 23.0 Å². The number of nitrogens with two attached hydrogens (primary N) is 1. The van der Waals surface area contributed by atoms with Crippen molar-refractivity contribution in [2.75, 3.05) is 34.5 Å². The van der Waals surface area contributed by atoms with Crippen LogP contribution in [-0.4, -0.2) is 62.1 Å². The third-order valence-electron chi connectivity index (χ3n) is 5.10. The van der Waals surface area contributed by atoms with Gasteiger partial charge >= 0.3 is 12.1 Å². The summed E-state index contributed by atoms with van der Waals surface area (Å²) in [5.74, 6) is 0.0754. The third-order valence-corrected chi connectivity index (χ3v) is 5.10. The van der Waals surface area contributed by atoms with E-state index in [0.29, 0.717) is 17.7 Å². The molecule has 2 aromatic carbocycles. The lowest BCUT2D eigenvalue weighted by molar-refractivity contribution is -0.153. The normalized spacial score (nSPS) is 12.0. The number of benzene rings is 2. The van der Waals surface area contributed by atoms with Crippen LogP contribution in [0.25, 0.3) is 10.9 Å². The highest BCUT2D eigenvalue weighted by Crippen LogP contribution is 2.27. The van der Waals surface area contributed by atoms with Gasteiger partial charge in [0.05, 0.1) is 12.6 Å². The molecule has 0 bridgehead atoms. The summed E-state index contributed by atoms with van der Waals surface area (Å²) < 4.78 is 17.0. The zero-order valence-electron chi connectivity index (χ0n) is 18.6. The average Bonchev–Trinajstić information content (AvgIpc) is 3.16. The standard InChI is InChI=1S/C24H29N3O5/c1-26(2)12-11-18-15-27(22-10-9-19(30-3)14-20(18)22)24(29)32-16-31-23(28)21(25)13-17-7-5-4-6-8-17/h4-10,14-15,21H,11-13,16,25H2,1-3H3. The number of hydrogen-bond acceptors (Lipinski definition) is 7. The van der Waals surface area contributed by atoms with E-state index in [0.717, 1.165) is 29.5 Å². The summed E-state index contributed by atoms with van der Waals surface area (Å²) in [4.78, 5) is 26.9. The maximum atomic E-state index is 12.7. The Morgan fingerprint density at radius 1 is 1.09 bits per heavy atom. The number of rotatable bonds is 9. The second-order valence-corrected chi connectivity index (χ2v) is 7.75. The number of fused-ring (bicyclic) bond motifs is 1. The van der Waals surface area contributed by atoms with Crippen molar-refractivity contribution in [3.05, 3.63) is 65.9 Å². The van der Waals surface area contributed by atoms with Crippen molar-refractivity contribution in [1.82, 2.24) is 9.47 Å². The van der Waals surface area contributed by atoms with E-state index in [1.54, 1.807) is 25.4 Å². The number of carbonyl (C=O) groups excluding carboxylic acids is 2. The summed E-state index contributed by atoms with van der Waals surface area (Å²) >= 11 is 0. The highest BCUT2D eigenvalue weighted by atomic mass is 16.7.